The first-order valence-corrected chi connectivity index (χ1v) is 8.06. The van der Waals surface area contributed by atoms with E-state index >= 15 is 0 Å². The zero-order valence-corrected chi connectivity index (χ0v) is 12.0. The van der Waals surface area contributed by atoms with E-state index in [0.717, 1.165) is 18.7 Å². The average Bonchev–Trinajstić information content (AvgIpc) is 2.86. The quantitative estimate of drug-likeness (QED) is 0.878. The predicted octanol–water partition coefficient (Wildman–Crippen LogP) is 0.772. The van der Waals surface area contributed by atoms with Gasteiger partial charge in [0.2, 0.25) is 0 Å². The van der Waals surface area contributed by atoms with Crippen LogP contribution in [0.1, 0.15) is 26.0 Å². The molecule has 6 heteroatoms. The molecule has 1 saturated heterocycles. The molecule has 0 radical (unpaired) electrons. The Morgan fingerprint density at radius 2 is 2.28 bits per heavy atom. The Morgan fingerprint density at radius 1 is 1.56 bits per heavy atom. The van der Waals surface area contributed by atoms with Crippen LogP contribution in [0.15, 0.2) is 12.5 Å². The van der Waals surface area contributed by atoms with Crippen LogP contribution in [0.2, 0.25) is 0 Å². The molecule has 1 aromatic rings. The van der Waals surface area contributed by atoms with E-state index in [9.17, 15) is 8.42 Å². The van der Waals surface area contributed by atoms with Crippen LogP contribution >= 0.6 is 0 Å². The molecule has 2 rings (SSSR count). The first kappa shape index (κ1) is 13.5. The second-order valence-corrected chi connectivity index (χ2v) is 7.80. The fourth-order valence-electron chi connectivity index (χ4n) is 2.41. The number of sulfone groups is 1. The number of nitrogens with zero attached hydrogens (tertiary/aromatic N) is 2. The first-order chi connectivity index (χ1) is 8.34. The third-order valence-corrected chi connectivity index (χ3v) is 5.60. The van der Waals surface area contributed by atoms with Crippen LogP contribution in [0.5, 0.6) is 0 Å². The maximum Gasteiger partial charge on any atom is 0.150 e. The lowest BCUT2D eigenvalue weighted by atomic mass is 10.0. The van der Waals surface area contributed by atoms with Crippen molar-refractivity contribution in [2.24, 2.45) is 5.92 Å². The number of imidazole rings is 1. The summed E-state index contributed by atoms with van der Waals surface area (Å²) in [6.45, 7) is 4.91. The van der Waals surface area contributed by atoms with Crippen LogP contribution < -0.4 is 5.32 Å². The molecule has 0 aromatic carbocycles. The summed E-state index contributed by atoms with van der Waals surface area (Å²) < 4.78 is 25.0. The van der Waals surface area contributed by atoms with Gasteiger partial charge in [-0.2, -0.15) is 0 Å². The van der Waals surface area contributed by atoms with Gasteiger partial charge in [0.1, 0.15) is 0 Å². The normalized spacial score (nSPS) is 23.4. The monoisotopic (exact) mass is 271 g/mol. The van der Waals surface area contributed by atoms with E-state index in [1.54, 1.807) is 6.33 Å². The maximum atomic E-state index is 11.5. The molecule has 1 aromatic heterocycles. The molecule has 0 amide bonds. The predicted molar refractivity (Wildman–Crippen MR) is 71.1 cm³/mol. The minimum absolute atomic E-state index is 0.159. The molecule has 0 aliphatic carbocycles. The summed E-state index contributed by atoms with van der Waals surface area (Å²) in [4.78, 5) is 4.19. The summed E-state index contributed by atoms with van der Waals surface area (Å²) in [6, 6.07) is 0. The molecule has 0 bridgehead atoms. The molecular formula is C12H21N3O2S. The second-order valence-electron chi connectivity index (χ2n) is 5.58. The summed E-state index contributed by atoms with van der Waals surface area (Å²) >= 11 is 0. The number of aromatic nitrogens is 2. The molecular weight excluding hydrogens is 250 g/mol. The molecule has 1 unspecified atom stereocenters. The van der Waals surface area contributed by atoms with Crippen molar-refractivity contribution in [2.45, 2.75) is 32.4 Å². The molecule has 0 saturated carbocycles. The third-order valence-electron chi connectivity index (χ3n) is 3.76. The standard InChI is InChI=1S/C12H21N3O2S/c1-12(2,13-3)11-6-14-9-15(11)7-10-4-5-18(16,17)8-10/h6,9-10,13H,4-5,7-8H2,1-3H3. The van der Waals surface area contributed by atoms with E-state index in [-0.39, 0.29) is 11.5 Å². The van der Waals surface area contributed by atoms with Gasteiger partial charge in [-0.3, -0.25) is 0 Å². The zero-order valence-electron chi connectivity index (χ0n) is 11.2. The van der Waals surface area contributed by atoms with Crippen molar-refractivity contribution in [2.75, 3.05) is 18.6 Å². The van der Waals surface area contributed by atoms with E-state index in [1.807, 2.05) is 13.2 Å². The van der Waals surface area contributed by atoms with Gasteiger partial charge in [-0.25, -0.2) is 13.4 Å². The topological polar surface area (TPSA) is 64.0 Å². The van der Waals surface area contributed by atoms with E-state index in [0.29, 0.717) is 11.5 Å². The summed E-state index contributed by atoms with van der Waals surface area (Å²) in [5, 5.41) is 3.25. The SMILES string of the molecule is CNC(C)(C)c1cncn1CC1CCS(=O)(=O)C1. The highest BCUT2D eigenvalue weighted by Crippen LogP contribution is 2.24. The van der Waals surface area contributed by atoms with Crippen molar-refractivity contribution in [3.8, 4) is 0 Å². The average molecular weight is 271 g/mol. The maximum absolute atomic E-state index is 11.5. The van der Waals surface area contributed by atoms with Crippen molar-refractivity contribution in [3.63, 3.8) is 0 Å². The van der Waals surface area contributed by atoms with Gasteiger partial charge in [0.25, 0.3) is 0 Å². The molecule has 1 fully saturated rings. The highest BCUT2D eigenvalue weighted by molar-refractivity contribution is 7.91. The molecule has 0 spiro atoms. The van der Waals surface area contributed by atoms with E-state index < -0.39 is 9.84 Å². The van der Waals surface area contributed by atoms with Crippen molar-refractivity contribution in [1.82, 2.24) is 14.9 Å². The van der Waals surface area contributed by atoms with Crippen molar-refractivity contribution in [1.29, 1.82) is 0 Å². The molecule has 2 heterocycles. The van der Waals surface area contributed by atoms with Gasteiger partial charge < -0.3 is 9.88 Å². The summed E-state index contributed by atoms with van der Waals surface area (Å²) in [5.41, 5.74) is 0.933. The second kappa shape index (κ2) is 4.66. The molecule has 1 aliphatic heterocycles. The zero-order chi connectivity index (χ0) is 13.4. The van der Waals surface area contributed by atoms with Crippen LogP contribution in [0.4, 0.5) is 0 Å². The van der Waals surface area contributed by atoms with E-state index in [2.05, 4.69) is 28.7 Å². The Labute approximate surface area is 109 Å². The smallest absolute Gasteiger partial charge is 0.150 e. The van der Waals surface area contributed by atoms with E-state index in [4.69, 9.17) is 0 Å². The number of rotatable bonds is 4. The van der Waals surface area contributed by atoms with Crippen LogP contribution in [0.25, 0.3) is 0 Å². The Balaban J connectivity index is 2.14. The fraction of sp³-hybridized carbons (Fsp3) is 0.750. The lowest BCUT2D eigenvalue weighted by Gasteiger charge is -2.26. The Kier molecular flexibility index (Phi) is 3.51. The van der Waals surface area contributed by atoms with Gasteiger partial charge in [0.05, 0.1) is 29.1 Å². The lowest BCUT2D eigenvalue weighted by molar-refractivity contribution is 0.387. The van der Waals surface area contributed by atoms with Crippen LogP contribution in [0.3, 0.4) is 0 Å². The lowest BCUT2D eigenvalue weighted by Crippen LogP contribution is -2.35. The molecule has 1 aliphatic rings. The van der Waals surface area contributed by atoms with Gasteiger partial charge in [0.15, 0.2) is 9.84 Å². The summed E-state index contributed by atoms with van der Waals surface area (Å²) in [5.74, 6) is 0.859. The van der Waals surface area contributed by atoms with Crippen LogP contribution in [0, 0.1) is 5.92 Å². The Bertz CT molecular complexity index is 519. The Hall–Kier alpha value is -0.880. The molecule has 5 nitrogen and oxygen atoms in total. The molecule has 18 heavy (non-hydrogen) atoms. The van der Waals surface area contributed by atoms with Gasteiger partial charge in [-0.15, -0.1) is 0 Å². The molecule has 1 N–H and O–H groups in total. The van der Waals surface area contributed by atoms with Crippen molar-refractivity contribution in [3.05, 3.63) is 18.2 Å². The highest BCUT2D eigenvalue weighted by Gasteiger charge is 2.30. The third kappa shape index (κ3) is 2.75. The highest BCUT2D eigenvalue weighted by atomic mass is 32.2. The largest absolute Gasteiger partial charge is 0.333 e. The van der Waals surface area contributed by atoms with Crippen LogP contribution in [-0.4, -0.2) is 36.5 Å². The summed E-state index contributed by atoms with van der Waals surface area (Å²) in [6.07, 6.45) is 4.40. The van der Waals surface area contributed by atoms with Gasteiger partial charge >= 0.3 is 0 Å². The minimum atomic E-state index is -2.80. The van der Waals surface area contributed by atoms with Crippen molar-refractivity contribution < 1.29 is 8.42 Å². The van der Waals surface area contributed by atoms with Gasteiger partial charge in [-0.05, 0) is 33.2 Å². The summed E-state index contributed by atoms with van der Waals surface area (Å²) in [7, 11) is -0.888. The van der Waals surface area contributed by atoms with Gasteiger partial charge in [-0.1, -0.05) is 0 Å². The van der Waals surface area contributed by atoms with Crippen LogP contribution in [-0.2, 0) is 21.9 Å². The number of nitrogens with one attached hydrogen (secondary N) is 1. The molecule has 102 valence electrons. The number of hydrogen-bond donors (Lipinski definition) is 1. The minimum Gasteiger partial charge on any atom is -0.333 e. The van der Waals surface area contributed by atoms with Crippen molar-refractivity contribution >= 4 is 9.84 Å². The first-order valence-electron chi connectivity index (χ1n) is 6.24. The Morgan fingerprint density at radius 3 is 2.83 bits per heavy atom. The number of hydrogen-bond acceptors (Lipinski definition) is 4. The molecule has 1 atom stereocenters. The fourth-order valence-corrected chi connectivity index (χ4v) is 4.26. The van der Waals surface area contributed by atoms with Gasteiger partial charge in [0, 0.05) is 12.7 Å². The van der Waals surface area contributed by atoms with E-state index in [1.165, 1.54) is 0 Å².